The van der Waals surface area contributed by atoms with E-state index in [-0.39, 0.29) is 5.91 Å². The van der Waals surface area contributed by atoms with Crippen LogP contribution in [0.1, 0.15) is 18.7 Å². The SMILES string of the molecule is CN(Cc1ncn[nH]1)C(=O)CCCN. The molecule has 0 fully saturated rings. The Hall–Kier alpha value is -1.43. The van der Waals surface area contributed by atoms with E-state index in [0.29, 0.717) is 25.3 Å². The van der Waals surface area contributed by atoms with Crippen LogP contribution in [0.5, 0.6) is 0 Å². The fourth-order valence-corrected chi connectivity index (χ4v) is 1.06. The average Bonchev–Trinajstić information content (AvgIpc) is 2.66. The molecule has 1 aromatic heterocycles. The van der Waals surface area contributed by atoms with Gasteiger partial charge in [0.15, 0.2) is 0 Å². The molecule has 0 aliphatic heterocycles. The van der Waals surface area contributed by atoms with Crippen molar-refractivity contribution in [3.05, 3.63) is 12.2 Å². The van der Waals surface area contributed by atoms with Gasteiger partial charge >= 0.3 is 0 Å². The maximum Gasteiger partial charge on any atom is 0.222 e. The van der Waals surface area contributed by atoms with E-state index in [0.717, 1.165) is 6.42 Å². The summed E-state index contributed by atoms with van der Waals surface area (Å²) in [4.78, 5) is 17.0. The molecule has 0 saturated heterocycles. The van der Waals surface area contributed by atoms with Gasteiger partial charge in [-0.15, -0.1) is 0 Å². The lowest BCUT2D eigenvalue weighted by molar-refractivity contribution is -0.130. The van der Waals surface area contributed by atoms with Crippen molar-refractivity contribution >= 4 is 5.91 Å². The summed E-state index contributed by atoms with van der Waals surface area (Å²) >= 11 is 0. The van der Waals surface area contributed by atoms with Gasteiger partial charge in [-0.2, -0.15) is 5.10 Å². The topological polar surface area (TPSA) is 87.9 Å². The maximum absolute atomic E-state index is 11.4. The number of nitrogens with two attached hydrogens (primary N) is 1. The zero-order valence-corrected chi connectivity index (χ0v) is 8.23. The van der Waals surface area contributed by atoms with E-state index in [1.807, 2.05) is 0 Å². The molecule has 1 heterocycles. The highest BCUT2D eigenvalue weighted by molar-refractivity contribution is 5.75. The van der Waals surface area contributed by atoms with Crippen molar-refractivity contribution in [1.29, 1.82) is 0 Å². The summed E-state index contributed by atoms with van der Waals surface area (Å²) in [7, 11) is 1.74. The molecule has 1 amide bonds. The molecule has 6 heteroatoms. The molecule has 0 aliphatic carbocycles. The predicted octanol–water partition coefficient (Wildman–Crippen LogP) is -0.498. The standard InChI is InChI=1S/C8H15N5O/c1-13(8(14)3-2-4-9)5-7-10-6-11-12-7/h6H,2-5,9H2,1H3,(H,10,11,12). The average molecular weight is 197 g/mol. The first kappa shape index (κ1) is 10.6. The Kier molecular flexibility index (Phi) is 4.06. The third-order valence-corrected chi connectivity index (χ3v) is 1.87. The Morgan fingerprint density at radius 1 is 1.71 bits per heavy atom. The number of nitrogens with zero attached hydrogens (tertiary/aromatic N) is 3. The first-order valence-electron chi connectivity index (χ1n) is 4.52. The molecular formula is C8H15N5O. The normalized spacial score (nSPS) is 10.1. The Bertz CT molecular complexity index is 271. The Labute approximate surface area is 82.5 Å². The van der Waals surface area contributed by atoms with Crippen molar-refractivity contribution in [1.82, 2.24) is 20.1 Å². The molecule has 0 aromatic carbocycles. The molecule has 14 heavy (non-hydrogen) atoms. The van der Waals surface area contributed by atoms with E-state index < -0.39 is 0 Å². The van der Waals surface area contributed by atoms with Crippen molar-refractivity contribution in [3.8, 4) is 0 Å². The molecular weight excluding hydrogens is 182 g/mol. The molecule has 0 unspecified atom stereocenters. The van der Waals surface area contributed by atoms with E-state index in [4.69, 9.17) is 5.73 Å². The summed E-state index contributed by atoms with van der Waals surface area (Å²) in [5.41, 5.74) is 5.31. The van der Waals surface area contributed by atoms with Crippen LogP contribution in [0.25, 0.3) is 0 Å². The molecule has 78 valence electrons. The van der Waals surface area contributed by atoms with Gasteiger partial charge in [0, 0.05) is 13.5 Å². The Morgan fingerprint density at radius 2 is 2.50 bits per heavy atom. The van der Waals surface area contributed by atoms with E-state index >= 15 is 0 Å². The largest absolute Gasteiger partial charge is 0.338 e. The second-order valence-corrected chi connectivity index (χ2v) is 3.07. The number of carbonyl (C=O) groups is 1. The number of amides is 1. The molecule has 0 aliphatic rings. The first-order valence-corrected chi connectivity index (χ1v) is 4.52. The summed E-state index contributed by atoms with van der Waals surface area (Å²) < 4.78 is 0. The minimum absolute atomic E-state index is 0.0758. The van der Waals surface area contributed by atoms with Crippen LogP contribution in [0.4, 0.5) is 0 Å². The fraction of sp³-hybridized carbons (Fsp3) is 0.625. The van der Waals surface area contributed by atoms with E-state index in [9.17, 15) is 4.79 Å². The lowest BCUT2D eigenvalue weighted by Crippen LogP contribution is -2.27. The molecule has 0 radical (unpaired) electrons. The molecule has 0 spiro atoms. The van der Waals surface area contributed by atoms with Gasteiger partial charge in [-0.25, -0.2) is 4.98 Å². The number of nitrogens with one attached hydrogen (secondary N) is 1. The van der Waals surface area contributed by atoms with Crippen molar-refractivity contribution in [2.24, 2.45) is 5.73 Å². The van der Waals surface area contributed by atoms with Gasteiger partial charge in [0.2, 0.25) is 5.91 Å². The summed E-state index contributed by atoms with van der Waals surface area (Å²) in [6.07, 6.45) is 2.63. The second kappa shape index (κ2) is 5.33. The van der Waals surface area contributed by atoms with Crippen LogP contribution in [0, 0.1) is 0 Å². The summed E-state index contributed by atoms with van der Waals surface area (Å²) in [5.74, 6) is 0.764. The van der Waals surface area contributed by atoms with Crippen LogP contribution in [-0.4, -0.2) is 39.6 Å². The molecule has 3 N–H and O–H groups in total. The highest BCUT2D eigenvalue weighted by Crippen LogP contribution is 1.98. The van der Waals surface area contributed by atoms with Crippen LogP contribution in [0.3, 0.4) is 0 Å². The molecule has 6 nitrogen and oxygen atoms in total. The van der Waals surface area contributed by atoms with Crippen LogP contribution < -0.4 is 5.73 Å². The highest BCUT2D eigenvalue weighted by Gasteiger charge is 2.09. The smallest absolute Gasteiger partial charge is 0.222 e. The van der Waals surface area contributed by atoms with Gasteiger partial charge in [0.05, 0.1) is 6.54 Å². The summed E-state index contributed by atoms with van der Waals surface area (Å²) in [6.45, 7) is 1.01. The molecule has 0 atom stereocenters. The minimum Gasteiger partial charge on any atom is -0.338 e. The lowest BCUT2D eigenvalue weighted by Gasteiger charge is -2.14. The van der Waals surface area contributed by atoms with Gasteiger partial charge in [-0.3, -0.25) is 9.89 Å². The first-order chi connectivity index (χ1) is 6.74. The number of H-pyrrole nitrogens is 1. The number of aromatic nitrogens is 3. The molecule has 1 aromatic rings. The third kappa shape index (κ3) is 3.14. The van der Waals surface area contributed by atoms with Crippen molar-refractivity contribution in [3.63, 3.8) is 0 Å². The van der Waals surface area contributed by atoms with Gasteiger partial charge in [-0.1, -0.05) is 0 Å². The van der Waals surface area contributed by atoms with E-state index in [1.54, 1.807) is 11.9 Å². The lowest BCUT2D eigenvalue weighted by atomic mass is 10.3. The fourth-order valence-electron chi connectivity index (χ4n) is 1.06. The van der Waals surface area contributed by atoms with Gasteiger partial charge in [-0.05, 0) is 13.0 Å². The number of carbonyl (C=O) groups excluding carboxylic acids is 1. The number of hydrogen-bond donors (Lipinski definition) is 2. The van der Waals surface area contributed by atoms with Gasteiger partial charge in [0.25, 0.3) is 0 Å². The Morgan fingerprint density at radius 3 is 3.07 bits per heavy atom. The quantitative estimate of drug-likeness (QED) is 0.666. The van der Waals surface area contributed by atoms with Gasteiger partial charge < -0.3 is 10.6 Å². The number of aromatic amines is 1. The zero-order valence-electron chi connectivity index (χ0n) is 8.23. The van der Waals surface area contributed by atoms with Crippen LogP contribution in [0.15, 0.2) is 6.33 Å². The summed E-state index contributed by atoms with van der Waals surface area (Å²) in [5, 5.41) is 6.40. The maximum atomic E-state index is 11.4. The van der Waals surface area contributed by atoms with Crippen molar-refractivity contribution in [2.75, 3.05) is 13.6 Å². The Balaban J connectivity index is 2.34. The van der Waals surface area contributed by atoms with Crippen LogP contribution >= 0.6 is 0 Å². The molecule has 1 rings (SSSR count). The number of rotatable bonds is 5. The van der Waals surface area contributed by atoms with E-state index in [2.05, 4.69) is 15.2 Å². The van der Waals surface area contributed by atoms with Crippen molar-refractivity contribution < 1.29 is 4.79 Å². The van der Waals surface area contributed by atoms with Crippen LogP contribution in [-0.2, 0) is 11.3 Å². The minimum atomic E-state index is 0.0758. The van der Waals surface area contributed by atoms with Crippen molar-refractivity contribution in [2.45, 2.75) is 19.4 Å². The molecule has 0 bridgehead atoms. The number of hydrogen-bond acceptors (Lipinski definition) is 4. The second-order valence-electron chi connectivity index (χ2n) is 3.07. The third-order valence-electron chi connectivity index (χ3n) is 1.87. The van der Waals surface area contributed by atoms with E-state index in [1.165, 1.54) is 6.33 Å². The zero-order chi connectivity index (χ0) is 10.4. The molecule has 0 saturated carbocycles. The van der Waals surface area contributed by atoms with Gasteiger partial charge in [0.1, 0.15) is 12.2 Å². The predicted molar refractivity (Wildman–Crippen MR) is 51.1 cm³/mol. The monoisotopic (exact) mass is 197 g/mol. The highest BCUT2D eigenvalue weighted by atomic mass is 16.2. The van der Waals surface area contributed by atoms with Crippen LogP contribution in [0.2, 0.25) is 0 Å². The summed E-state index contributed by atoms with van der Waals surface area (Å²) in [6, 6.07) is 0.